The third kappa shape index (κ3) is 7.05. The summed E-state index contributed by atoms with van der Waals surface area (Å²) in [5, 5.41) is 0. The number of carbonyl (C=O) groups excluding carboxylic acids is 1. The van der Waals surface area contributed by atoms with Gasteiger partial charge in [0, 0.05) is 47.7 Å². The molecule has 3 aliphatic rings. The number of fused-ring (bicyclic) bond motifs is 1. The van der Waals surface area contributed by atoms with Gasteiger partial charge >= 0.3 is 0 Å². The molecule has 4 atom stereocenters. The third-order valence-corrected chi connectivity index (χ3v) is 9.07. The van der Waals surface area contributed by atoms with Gasteiger partial charge in [0.2, 0.25) is 0 Å². The lowest BCUT2D eigenvalue weighted by atomic mass is 9.71. The molecule has 1 heterocycles. The number of rotatable bonds is 9. The van der Waals surface area contributed by atoms with Crippen LogP contribution >= 0.6 is 0 Å². The van der Waals surface area contributed by atoms with Crippen molar-refractivity contribution in [1.82, 2.24) is 0 Å². The van der Waals surface area contributed by atoms with E-state index in [4.69, 9.17) is 4.99 Å². The van der Waals surface area contributed by atoms with Crippen LogP contribution in [-0.4, -0.2) is 24.8 Å². The Bertz CT molecular complexity index is 1360. The summed E-state index contributed by atoms with van der Waals surface area (Å²) in [5.41, 5.74) is 8.69. The Hall–Kier alpha value is -3.33. The van der Waals surface area contributed by atoms with E-state index in [2.05, 4.69) is 84.9 Å². The maximum Gasteiger partial charge on any atom is 0.141 e. The summed E-state index contributed by atoms with van der Waals surface area (Å²) in [7, 11) is 1.80. The number of Topliss-reactive ketones (excluding diaryl/α,β-unsaturated/α-hetero) is 1. The summed E-state index contributed by atoms with van der Waals surface area (Å²) >= 11 is 0. The molecule has 0 saturated heterocycles. The number of hydrogen-bond acceptors (Lipinski definition) is 3. The summed E-state index contributed by atoms with van der Waals surface area (Å²) in [6, 6.07) is 19.2. The zero-order valence-electron chi connectivity index (χ0n) is 24.5. The van der Waals surface area contributed by atoms with Gasteiger partial charge in [-0.2, -0.15) is 0 Å². The van der Waals surface area contributed by atoms with Crippen LogP contribution in [0.1, 0.15) is 85.7 Å². The molecule has 2 aliphatic carbocycles. The van der Waals surface area contributed by atoms with E-state index in [1.807, 2.05) is 13.0 Å². The minimum Gasteiger partial charge on any atom is -0.299 e. The van der Waals surface area contributed by atoms with Gasteiger partial charge in [-0.3, -0.25) is 14.8 Å². The van der Waals surface area contributed by atoms with E-state index < -0.39 is 0 Å². The van der Waals surface area contributed by atoms with Crippen molar-refractivity contribution in [3.8, 4) is 0 Å². The maximum absolute atomic E-state index is 13.3. The molecule has 2 aromatic carbocycles. The normalized spacial score (nSPS) is 25.2. The van der Waals surface area contributed by atoms with Crippen molar-refractivity contribution in [3.63, 3.8) is 0 Å². The highest BCUT2D eigenvalue weighted by atomic mass is 16.1. The first kappa shape index (κ1) is 28.2. The van der Waals surface area contributed by atoms with Gasteiger partial charge in [-0.25, -0.2) is 0 Å². The van der Waals surface area contributed by atoms with Gasteiger partial charge in [-0.05, 0) is 91.5 Å². The second kappa shape index (κ2) is 13.4. The molecular weight excluding hydrogens is 488 g/mol. The molecule has 1 saturated carbocycles. The molecule has 0 radical (unpaired) electrons. The van der Waals surface area contributed by atoms with Crippen molar-refractivity contribution in [1.29, 1.82) is 0 Å². The fourth-order valence-corrected chi connectivity index (χ4v) is 6.93. The van der Waals surface area contributed by atoms with E-state index in [-0.39, 0.29) is 10.1 Å². The molecule has 4 unspecified atom stereocenters. The molecule has 0 amide bonds. The fraction of sp³-hybridized carbons (Fsp3) is 0.432. The van der Waals surface area contributed by atoms with Crippen molar-refractivity contribution in [2.24, 2.45) is 27.7 Å². The van der Waals surface area contributed by atoms with Crippen LogP contribution in [0.5, 0.6) is 0 Å². The van der Waals surface area contributed by atoms with Gasteiger partial charge in [-0.1, -0.05) is 85.7 Å². The lowest BCUT2D eigenvalue weighted by Crippen LogP contribution is -2.25. The molecule has 0 aromatic heterocycles. The fourth-order valence-electron chi connectivity index (χ4n) is 6.93. The van der Waals surface area contributed by atoms with Crippen LogP contribution in [-0.2, 0) is 17.6 Å². The van der Waals surface area contributed by atoms with Crippen LogP contribution in [0.2, 0.25) is 0 Å². The van der Waals surface area contributed by atoms with E-state index in [0.29, 0.717) is 36.5 Å². The van der Waals surface area contributed by atoms with Crippen LogP contribution < -0.4 is 0 Å². The lowest BCUT2D eigenvalue weighted by molar-refractivity contribution is -0.117. The van der Waals surface area contributed by atoms with Gasteiger partial charge in [0.25, 0.3) is 0 Å². The van der Waals surface area contributed by atoms with Crippen molar-refractivity contribution in [2.75, 3.05) is 7.05 Å². The molecule has 2 aromatic rings. The van der Waals surface area contributed by atoms with Gasteiger partial charge in [0.05, 0.1) is 0 Å². The van der Waals surface area contributed by atoms with Crippen molar-refractivity contribution in [3.05, 3.63) is 106 Å². The minimum atomic E-state index is 0. The molecule has 40 heavy (non-hydrogen) atoms. The number of hydrogen-bond donors (Lipinski definition) is 0. The number of aliphatic imine (C=N–C) groups is 2. The number of nitrogens with zero attached hydrogens (tertiary/aromatic N) is 2. The highest BCUT2D eigenvalue weighted by molar-refractivity contribution is 5.94. The van der Waals surface area contributed by atoms with Crippen LogP contribution in [0, 0.1) is 17.8 Å². The van der Waals surface area contributed by atoms with Gasteiger partial charge in [0.1, 0.15) is 5.78 Å². The standard InChI is InChI=1S/C37H44N2O.3H2/c1-26-25-39-37(36-18-8-7-17-35(26)36)33-16-10-15-32(24-33)31-14-9-13-29(21-31)22-34(40)23-30(19-27(2)38-3)20-28-11-5-4-6-12-28;;;/h4-6,8-9,11-14,18-19,21,25-26,32-33,35H,7,10,15-17,20,22-24H2,1-3H3;3*1H/b30-19+,38-27?;;;. The zero-order chi connectivity index (χ0) is 27.9. The Morgan fingerprint density at radius 3 is 2.65 bits per heavy atom. The van der Waals surface area contributed by atoms with E-state index in [1.165, 1.54) is 54.5 Å². The van der Waals surface area contributed by atoms with Crippen molar-refractivity contribution >= 4 is 17.7 Å². The Labute approximate surface area is 245 Å². The summed E-state index contributed by atoms with van der Waals surface area (Å²) in [6.45, 7) is 4.32. The summed E-state index contributed by atoms with van der Waals surface area (Å²) in [6.07, 6.45) is 18.0. The van der Waals surface area contributed by atoms with Gasteiger partial charge < -0.3 is 0 Å². The quantitative estimate of drug-likeness (QED) is 0.293. The largest absolute Gasteiger partial charge is 0.299 e. The van der Waals surface area contributed by atoms with Gasteiger partial charge in [0.15, 0.2) is 0 Å². The molecule has 0 spiro atoms. The Balaban J connectivity index is 0.00000215. The number of carbonyl (C=O) groups is 1. The molecule has 3 heteroatoms. The first-order chi connectivity index (χ1) is 19.5. The molecule has 1 aliphatic heterocycles. The summed E-state index contributed by atoms with van der Waals surface area (Å²) in [4.78, 5) is 22.6. The van der Waals surface area contributed by atoms with Crippen LogP contribution in [0.4, 0.5) is 0 Å². The zero-order valence-corrected chi connectivity index (χ0v) is 24.5. The molecule has 0 bridgehead atoms. The number of ketones is 1. The predicted octanol–water partition coefficient (Wildman–Crippen LogP) is 9.40. The average molecular weight is 539 g/mol. The third-order valence-electron chi connectivity index (χ3n) is 9.07. The van der Waals surface area contributed by atoms with E-state index in [1.54, 1.807) is 7.05 Å². The first-order valence-corrected chi connectivity index (χ1v) is 15.2. The highest BCUT2D eigenvalue weighted by Gasteiger charge is 2.33. The molecule has 214 valence electrons. The summed E-state index contributed by atoms with van der Waals surface area (Å²) in [5.74, 6) is 2.50. The molecule has 5 rings (SSSR count). The van der Waals surface area contributed by atoms with Crippen LogP contribution in [0.25, 0.3) is 0 Å². The SMILES string of the molecule is CN=C(C)/C=C(/CC(=O)Cc1cccc(C2CCCC(C3=C4C=CCCC4C(C)C=N3)C2)c1)Cc1ccccc1.[HH].[HH].[HH]. The topological polar surface area (TPSA) is 41.8 Å². The van der Waals surface area contributed by atoms with Crippen LogP contribution in [0.3, 0.4) is 0 Å². The second-order valence-corrected chi connectivity index (χ2v) is 12.1. The Kier molecular flexibility index (Phi) is 9.41. The summed E-state index contributed by atoms with van der Waals surface area (Å²) < 4.78 is 0. The van der Waals surface area contributed by atoms with Gasteiger partial charge in [-0.15, -0.1) is 0 Å². The van der Waals surface area contributed by atoms with E-state index >= 15 is 0 Å². The van der Waals surface area contributed by atoms with E-state index in [0.717, 1.165) is 29.7 Å². The smallest absolute Gasteiger partial charge is 0.141 e. The molecule has 3 nitrogen and oxygen atoms in total. The highest BCUT2D eigenvalue weighted by Crippen LogP contribution is 2.45. The number of benzene rings is 2. The van der Waals surface area contributed by atoms with E-state index in [9.17, 15) is 4.79 Å². The minimum absolute atomic E-state index is 0. The number of allylic oxidation sites excluding steroid dienone is 6. The van der Waals surface area contributed by atoms with Crippen molar-refractivity contribution in [2.45, 2.75) is 77.6 Å². The maximum atomic E-state index is 13.3. The van der Waals surface area contributed by atoms with Crippen molar-refractivity contribution < 1.29 is 9.07 Å². The molecule has 1 fully saturated rings. The molecular formula is C37H50N2O. The molecule has 0 N–H and O–H groups in total. The van der Waals surface area contributed by atoms with Crippen LogP contribution in [0.15, 0.2) is 99.7 Å². The monoisotopic (exact) mass is 538 g/mol. The predicted molar refractivity (Wildman–Crippen MR) is 175 cm³/mol. The second-order valence-electron chi connectivity index (χ2n) is 12.1. The Morgan fingerprint density at radius 2 is 1.82 bits per heavy atom. The Morgan fingerprint density at radius 1 is 1.02 bits per heavy atom. The average Bonchev–Trinajstić information content (AvgIpc) is 2.98. The first-order valence-electron chi connectivity index (χ1n) is 15.2. The lowest BCUT2D eigenvalue weighted by Gasteiger charge is -2.36.